The third kappa shape index (κ3) is 7.37. The number of rotatable bonds is 10. The minimum Gasteiger partial charge on any atom is -0.376 e. The molecule has 2 fully saturated rings. The largest absolute Gasteiger partial charge is 0.376 e. The Balaban J connectivity index is 1.47. The van der Waals surface area contributed by atoms with Crippen molar-refractivity contribution in [3.8, 4) is 0 Å². The van der Waals surface area contributed by atoms with Gasteiger partial charge in [0.15, 0.2) is 5.13 Å². The van der Waals surface area contributed by atoms with Crippen LogP contribution < -0.4 is 10.6 Å². The van der Waals surface area contributed by atoms with Crippen molar-refractivity contribution in [2.45, 2.75) is 50.7 Å². The quantitative estimate of drug-likeness (QED) is 0.583. The van der Waals surface area contributed by atoms with Gasteiger partial charge >= 0.3 is 0 Å². The number of thiazole rings is 1. The van der Waals surface area contributed by atoms with Crippen LogP contribution in [0.2, 0.25) is 0 Å². The zero-order chi connectivity index (χ0) is 20.5. The molecule has 3 amide bonds. The zero-order valence-electron chi connectivity index (χ0n) is 16.4. The van der Waals surface area contributed by atoms with E-state index in [0.29, 0.717) is 24.8 Å². The molecule has 2 aliphatic rings. The highest BCUT2D eigenvalue weighted by atomic mass is 32.1. The Labute approximate surface area is 174 Å². The van der Waals surface area contributed by atoms with Crippen molar-refractivity contribution < 1.29 is 23.9 Å². The van der Waals surface area contributed by atoms with Crippen molar-refractivity contribution in [3.05, 3.63) is 11.6 Å². The number of nitrogens with zero attached hydrogens (tertiary/aromatic N) is 2. The number of carbonyl (C=O) groups is 3. The van der Waals surface area contributed by atoms with Crippen LogP contribution >= 0.6 is 11.3 Å². The maximum Gasteiger partial charge on any atom is 0.239 e. The first-order chi connectivity index (χ1) is 14.1. The molecule has 0 radical (unpaired) electrons. The molecule has 0 aliphatic carbocycles. The van der Waals surface area contributed by atoms with Gasteiger partial charge in [-0.2, -0.15) is 0 Å². The maximum absolute atomic E-state index is 12.7. The van der Waals surface area contributed by atoms with E-state index < -0.39 is 0 Å². The minimum absolute atomic E-state index is 0.0307. The molecule has 160 valence electrons. The molecule has 2 saturated heterocycles. The van der Waals surface area contributed by atoms with Gasteiger partial charge in [-0.25, -0.2) is 4.98 Å². The van der Waals surface area contributed by atoms with Crippen LogP contribution in [0.3, 0.4) is 0 Å². The number of hydrogen-bond donors (Lipinski definition) is 2. The maximum atomic E-state index is 12.7. The lowest BCUT2D eigenvalue weighted by atomic mass is 10.2. The molecule has 0 saturated carbocycles. The van der Waals surface area contributed by atoms with E-state index in [2.05, 4.69) is 15.6 Å². The van der Waals surface area contributed by atoms with Crippen LogP contribution in [-0.2, 0) is 23.9 Å². The van der Waals surface area contributed by atoms with Crippen molar-refractivity contribution in [2.24, 2.45) is 0 Å². The molecular weight excluding hydrogens is 396 g/mol. The normalized spacial score (nSPS) is 21.1. The third-order valence-electron chi connectivity index (χ3n) is 4.93. The number of anilines is 1. The Kier molecular flexibility index (Phi) is 8.38. The summed E-state index contributed by atoms with van der Waals surface area (Å²) in [5.74, 6) is -0.727. The van der Waals surface area contributed by atoms with Crippen LogP contribution in [0.1, 0.15) is 38.5 Å². The summed E-state index contributed by atoms with van der Waals surface area (Å²) < 4.78 is 11.1. The minimum atomic E-state index is -0.270. The van der Waals surface area contributed by atoms with Crippen LogP contribution in [0, 0.1) is 0 Å². The van der Waals surface area contributed by atoms with Gasteiger partial charge in [-0.15, -0.1) is 11.3 Å². The van der Waals surface area contributed by atoms with Gasteiger partial charge in [-0.1, -0.05) is 0 Å². The van der Waals surface area contributed by atoms with Crippen molar-refractivity contribution in [2.75, 3.05) is 38.2 Å². The fraction of sp³-hybridized carbons (Fsp3) is 0.684. The predicted octanol–water partition coefficient (Wildman–Crippen LogP) is 1.16. The van der Waals surface area contributed by atoms with Crippen LogP contribution in [0.4, 0.5) is 5.13 Å². The Morgan fingerprint density at radius 1 is 1.10 bits per heavy atom. The highest BCUT2D eigenvalue weighted by Gasteiger charge is 2.25. The lowest BCUT2D eigenvalue weighted by Crippen LogP contribution is -2.45. The summed E-state index contributed by atoms with van der Waals surface area (Å²) in [5.41, 5.74) is 0. The molecule has 1 aromatic rings. The topological polar surface area (TPSA) is 110 Å². The van der Waals surface area contributed by atoms with Gasteiger partial charge < -0.3 is 25.0 Å². The molecule has 0 unspecified atom stereocenters. The summed E-state index contributed by atoms with van der Waals surface area (Å²) in [6.07, 6.45) is 5.43. The molecule has 0 aromatic carbocycles. The lowest BCUT2D eigenvalue weighted by Gasteiger charge is -2.25. The first-order valence-electron chi connectivity index (χ1n) is 10.1. The Bertz CT molecular complexity index is 672. The van der Waals surface area contributed by atoms with Crippen molar-refractivity contribution >= 4 is 34.2 Å². The molecule has 2 atom stereocenters. The molecule has 9 nitrogen and oxygen atoms in total. The number of ether oxygens (including phenoxy) is 2. The third-order valence-corrected chi connectivity index (χ3v) is 5.62. The number of nitrogens with one attached hydrogen (secondary N) is 2. The lowest BCUT2D eigenvalue weighted by molar-refractivity contribution is -0.138. The standard InChI is InChI=1S/C19H28N4O5S/c24-16(22-19-20-7-10-29-19)5-6-18(26)23(12-15-4-2-9-28-15)13-17(25)21-11-14-3-1-8-27-14/h7,10,14-15H,1-6,8-9,11-13H2,(H,21,25)(H,20,22,24)/t14-,15+/m1/s1. The van der Waals surface area contributed by atoms with Crippen molar-refractivity contribution in [1.82, 2.24) is 15.2 Å². The molecule has 1 aromatic heterocycles. The summed E-state index contributed by atoms with van der Waals surface area (Å²) in [6.45, 7) is 2.18. The van der Waals surface area contributed by atoms with Gasteiger partial charge in [0.2, 0.25) is 17.7 Å². The average Bonchev–Trinajstić information content (AvgIpc) is 3.47. The van der Waals surface area contributed by atoms with Gasteiger partial charge in [0.1, 0.15) is 0 Å². The van der Waals surface area contributed by atoms with Gasteiger partial charge in [-0.05, 0) is 25.7 Å². The fourth-order valence-electron chi connectivity index (χ4n) is 3.40. The van der Waals surface area contributed by atoms with Gasteiger partial charge in [-0.3, -0.25) is 14.4 Å². The second-order valence-electron chi connectivity index (χ2n) is 7.23. The van der Waals surface area contributed by atoms with E-state index in [4.69, 9.17) is 9.47 Å². The number of aromatic nitrogens is 1. The predicted molar refractivity (Wildman–Crippen MR) is 108 cm³/mol. The monoisotopic (exact) mass is 424 g/mol. The van der Waals surface area contributed by atoms with Crippen LogP contribution in [0.15, 0.2) is 11.6 Å². The highest BCUT2D eigenvalue weighted by molar-refractivity contribution is 7.13. The first-order valence-corrected chi connectivity index (χ1v) is 10.9. The van der Waals surface area contributed by atoms with E-state index >= 15 is 0 Å². The van der Waals surface area contributed by atoms with Crippen molar-refractivity contribution in [3.63, 3.8) is 0 Å². The van der Waals surface area contributed by atoms with E-state index in [1.807, 2.05) is 0 Å². The van der Waals surface area contributed by atoms with Gasteiger partial charge in [0.05, 0.1) is 18.8 Å². The van der Waals surface area contributed by atoms with E-state index in [1.54, 1.807) is 11.6 Å². The zero-order valence-corrected chi connectivity index (χ0v) is 17.2. The summed E-state index contributed by atoms with van der Waals surface area (Å²) >= 11 is 1.32. The SMILES string of the molecule is O=C(CN(C[C@@H]1CCCO1)C(=O)CCC(=O)Nc1nccs1)NC[C@H]1CCCO1. The van der Waals surface area contributed by atoms with E-state index in [-0.39, 0.29) is 49.3 Å². The molecule has 0 bridgehead atoms. The average molecular weight is 425 g/mol. The summed E-state index contributed by atoms with van der Waals surface area (Å²) in [4.78, 5) is 42.6. The molecule has 10 heteroatoms. The molecule has 29 heavy (non-hydrogen) atoms. The van der Waals surface area contributed by atoms with Gasteiger partial charge in [0, 0.05) is 50.7 Å². The first kappa shape index (κ1) is 21.7. The summed E-state index contributed by atoms with van der Waals surface area (Å²) in [6, 6.07) is 0. The summed E-state index contributed by atoms with van der Waals surface area (Å²) in [5, 5.41) is 7.78. The van der Waals surface area contributed by atoms with E-state index in [1.165, 1.54) is 16.2 Å². The van der Waals surface area contributed by atoms with Gasteiger partial charge in [0.25, 0.3) is 0 Å². The molecule has 3 rings (SSSR count). The van der Waals surface area contributed by atoms with Crippen LogP contribution in [0.25, 0.3) is 0 Å². The smallest absolute Gasteiger partial charge is 0.239 e. The second kappa shape index (κ2) is 11.2. The van der Waals surface area contributed by atoms with E-state index in [9.17, 15) is 14.4 Å². The number of amides is 3. The Hall–Kier alpha value is -2.04. The molecular formula is C19H28N4O5S. The number of hydrogen-bond acceptors (Lipinski definition) is 7. The molecule has 2 aliphatic heterocycles. The molecule has 3 heterocycles. The van der Waals surface area contributed by atoms with Crippen LogP contribution in [0.5, 0.6) is 0 Å². The van der Waals surface area contributed by atoms with Crippen molar-refractivity contribution in [1.29, 1.82) is 0 Å². The van der Waals surface area contributed by atoms with Crippen LogP contribution in [-0.4, -0.2) is 72.7 Å². The fourth-order valence-corrected chi connectivity index (χ4v) is 3.94. The highest BCUT2D eigenvalue weighted by Crippen LogP contribution is 2.15. The Morgan fingerprint density at radius 2 is 1.86 bits per heavy atom. The summed E-state index contributed by atoms with van der Waals surface area (Å²) in [7, 11) is 0. The van der Waals surface area contributed by atoms with E-state index in [0.717, 1.165) is 32.3 Å². The number of carbonyl (C=O) groups excluding carboxylic acids is 3. The molecule has 0 spiro atoms. The Morgan fingerprint density at radius 3 is 2.52 bits per heavy atom. The second-order valence-corrected chi connectivity index (χ2v) is 8.13. The molecule has 2 N–H and O–H groups in total.